The maximum absolute atomic E-state index is 14.1. The third-order valence-electron chi connectivity index (χ3n) is 5.52. The Morgan fingerprint density at radius 2 is 2.19 bits per heavy atom. The Labute approximate surface area is 165 Å². The lowest BCUT2D eigenvalue weighted by Gasteiger charge is -2.27. The van der Waals surface area contributed by atoms with Crippen molar-refractivity contribution in [3.05, 3.63) is 35.0 Å². The number of ether oxygens (including phenoxy) is 2. The molecule has 27 heavy (non-hydrogen) atoms. The van der Waals surface area contributed by atoms with Crippen LogP contribution in [0.5, 0.6) is 5.88 Å². The van der Waals surface area contributed by atoms with Crippen molar-refractivity contribution in [1.29, 1.82) is 0 Å². The molecule has 2 aliphatic carbocycles. The first kappa shape index (κ1) is 20.4. The van der Waals surface area contributed by atoms with Crippen LogP contribution in [0.2, 0.25) is 0 Å². The van der Waals surface area contributed by atoms with Gasteiger partial charge in [0, 0.05) is 37.2 Å². The summed E-state index contributed by atoms with van der Waals surface area (Å²) in [6.07, 6.45) is 9.17. The van der Waals surface area contributed by atoms with E-state index in [0.717, 1.165) is 25.0 Å². The molecule has 2 aliphatic rings. The Morgan fingerprint density at radius 1 is 1.41 bits per heavy atom. The molecule has 0 radical (unpaired) electrons. The van der Waals surface area contributed by atoms with Crippen LogP contribution in [0, 0.1) is 5.92 Å². The molecule has 1 N–H and O–H groups in total. The van der Waals surface area contributed by atoms with Crippen LogP contribution in [-0.2, 0) is 17.8 Å². The largest absolute Gasteiger partial charge is 0.477 e. The second-order valence-corrected chi connectivity index (χ2v) is 7.84. The van der Waals surface area contributed by atoms with Gasteiger partial charge in [0.05, 0.1) is 17.9 Å². The van der Waals surface area contributed by atoms with Crippen molar-refractivity contribution >= 4 is 11.6 Å². The molecule has 0 bridgehead atoms. The SMILES string of the molecule is CNCc1cc(OCC2C=C(Cl)C=CC2F)n(CCC2(OC)CCCC2)n1. The van der Waals surface area contributed by atoms with E-state index >= 15 is 0 Å². The Bertz CT molecular complexity index is 683. The molecule has 1 heterocycles. The number of hydrogen-bond donors (Lipinski definition) is 1. The Kier molecular flexibility index (Phi) is 6.95. The molecule has 0 aromatic carbocycles. The van der Waals surface area contributed by atoms with Gasteiger partial charge in [-0.3, -0.25) is 0 Å². The van der Waals surface area contributed by atoms with E-state index in [-0.39, 0.29) is 12.2 Å². The van der Waals surface area contributed by atoms with Crippen LogP contribution in [0.1, 0.15) is 37.8 Å². The van der Waals surface area contributed by atoms with Crippen molar-refractivity contribution in [3.63, 3.8) is 0 Å². The highest BCUT2D eigenvalue weighted by molar-refractivity contribution is 6.31. The fourth-order valence-electron chi connectivity index (χ4n) is 3.88. The molecule has 2 atom stereocenters. The third kappa shape index (κ3) is 5.12. The van der Waals surface area contributed by atoms with Crippen molar-refractivity contribution in [2.24, 2.45) is 5.92 Å². The zero-order chi connectivity index (χ0) is 19.3. The standard InChI is InChI=1S/C20H29ClFN3O2/c1-23-13-17-12-19(27-14-15-11-16(21)5-6-18(15)22)25(24-17)10-9-20(26-2)7-3-4-8-20/h5-6,11-12,15,18,23H,3-4,7-10,13-14H2,1-2H3. The first-order valence-corrected chi connectivity index (χ1v) is 10.0. The van der Waals surface area contributed by atoms with E-state index in [4.69, 9.17) is 21.1 Å². The van der Waals surface area contributed by atoms with Crippen molar-refractivity contribution in [2.45, 2.75) is 57.0 Å². The summed E-state index contributed by atoms with van der Waals surface area (Å²) in [5.41, 5.74) is 0.847. The molecule has 0 spiro atoms. The van der Waals surface area contributed by atoms with Gasteiger partial charge in [0.15, 0.2) is 0 Å². The highest BCUT2D eigenvalue weighted by Gasteiger charge is 2.33. The minimum Gasteiger partial charge on any atom is -0.477 e. The number of nitrogens with zero attached hydrogens (tertiary/aromatic N) is 2. The normalized spacial score (nSPS) is 24.2. The molecule has 5 nitrogen and oxygen atoms in total. The predicted molar refractivity (Wildman–Crippen MR) is 105 cm³/mol. The van der Waals surface area contributed by atoms with E-state index in [1.807, 2.05) is 17.8 Å². The lowest BCUT2D eigenvalue weighted by Crippen LogP contribution is -2.29. The smallest absolute Gasteiger partial charge is 0.212 e. The molecule has 150 valence electrons. The van der Waals surface area contributed by atoms with Gasteiger partial charge in [-0.05, 0) is 38.5 Å². The summed E-state index contributed by atoms with van der Waals surface area (Å²) in [6, 6.07) is 1.92. The van der Waals surface area contributed by atoms with Gasteiger partial charge in [-0.1, -0.05) is 30.5 Å². The lowest BCUT2D eigenvalue weighted by atomic mass is 9.98. The second kappa shape index (κ2) is 9.22. The van der Waals surface area contributed by atoms with Gasteiger partial charge < -0.3 is 14.8 Å². The van der Waals surface area contributed by atoms with Crippen molar-refractivity contribution in [3.8, 4) is 5.88 Å². The Morgan fingerprint density at radius 3 is 2.89 bits per heavy atom. The molecule has 3 rings (SSSR count). The van der Waals surface area contributed by atoms with Crippen LogP contribution in [0.4, 0.5) is 4.39 Å². The van der Waals surface area contributed by atoms with Gasteiger partial charge >= 0.3 is 0 Å². The monoisotopic (exact) mass is 397 g/mol. The van der Waals surface area contributed by atoms with E-state index in [1.165, 1.54) is 18.9 Å². The van der Waals surface area contributed by atoms with Gasteiger partial charge in [-0.25, -0.2) is 9.07 Å². The summed E-state index contributed by atoms with van der Waals surface area (Å²) in [4.78, 5) is 0. The first-order chi connectivity index (χ1) is 13.0. The Balaban J connectivity index is 1.67. The number of aryl methyl sites for hydroxylation is 1. The number of methoxy groups -OCH3 is 1. The average molecular weight is 398 g/mol. The summed E-state index contributed by atoms with van der Waals surface area (Å²) in [5.74, 6) is 0.273. The molecule has 1 saturated carbocycles. The minimum atomic E-state index is -1.09. The summed E-state index contributed by atoms with van der Waals surface area (Å²) >= 11 is 6.00. The van der Waals surface area contributed by atoms with E-state index < -0.39 is 12.1 Å². The molecular weight excluding hydrogens is 369 g/mol. The highest BCUT2D eigenvalue weighted by Crippen LogP contribution is 2.36. The van der Waals surface area contributed by atoms with E-state index in [1.54, 1.807) is 19.3 Å². The lowest BCUT2D eigenvalue weighted by molar-refractivity contribution is -0.0156. The van der Waals surface area contributed by atoms with Crippen molar-refractivity contribution < 1.29 is 13.9 Å². The molecule has 0 amide bonds. The van der Waals surface area contributed by atoms with E-state index in [0.29, 0.717) is 24.0 Å². The number of allylic oxidation sites excluding steroid dienone is 3. The maximum Gasteiger partial charge on any atom is 0.212 e. The zero-order valence-corrected chi connectivity index (χ0v) is 16.8. The fraction of sp³-hybridized carbons (Fsp3) is 0.650. The maximum atomic E-state index is 14.1. The molecule has 1 aromatic heterocycles. The fourth-order valence-corrected chi connectivity index (χ4v) is 4.11. The van der Waals surface area contributed by atoms with Crippen LogP contribution >= 0.6 is 11.6 Å². The van der Waals surface area contributed by atoms with Crippen molar-refractivity contribution in [1.82, 2.24) is 15.1 Å². The molecule has 0 saturated heterocycles. The van der Waals surface area contributed by atoms with Crippen LogP contribution in [0.15, 0.2) is 29.3 Å². The third-order valence-corrected chi connectivity index (χ3v) is 5.78. The number of aromatic nitrogens is 2. The van der Waals surface area contributed by atoms with E-state index in [2.05, 4.69) is 10.4 Å². The quantitative estimate of drug-likeness (QED) is 0.684. The number of alkyl halides is 1. The van der Waals surface area contributed by atoms with Crippen LogP contribution in [0.25, 0.3) is 0 Å². The number of halogens is 2. The Hall–Kier alpha value is -1.37. The van der Waals surface area contributed by atoms with Gasteiger partial charge in [-0.15, -0.1) is 0 Å². The predicted octanol–water partition coefficient (Wildman–Crippen LogP) is 3.98. The van der Waals surface area contributed by atoms with Crippen LogP contribution in [0.3, 0.4) is 0 Å². The van der Waals surface area contributed by atoms with Crippen LogP contribution in [-0.4, -0.2) is 42.3 Å². The molecule has 2 unspecified atom stereocenters. The molecule has 1 aromatic rings. The summed E-state index contributed by atoms with van der Waals surface area (Å²) in [5, 5.41) is 8.30. The minimum absolute atomic E-state index is 0.0547. The topological polar surface area (TPSA) is 48.3 Å². The zero-order valence-electron chi connectivity index (χ0n) is 16.1. The first-order valence-electron chi connectivity index (χ1n) is 9.64. The van der Waals surface area contributed by atoms with Crippen LogP contribution < -0.4 is 10.1 Å². The van der Waals surface area contributed by atoms with Crippen molar-refractivity contribution in [2.75, 3.05) is 20.8 Å². The molecular formula is C20H29ClFN3O2. The molecule has 7 heteroatoms. The van der Waals surface area contributed by atoms with Gasteiger partial charge in [-0.2, -0.15) is 5.10 Å². The average Bonchev–Trinajstić information content (AvgIpc) is 3.28. The molecule has 1 fully saturated rings. The van der Waals surface area contributed by atoms with E-state index in [9.17, 15) is 4.39 Å². The summed E-state index contributed by atoms with van der Waals surface area (Å²) in [7, 11) is 3.68. The number of rotatable bonds is 9. The second-order valence-electron chi connectivity index (χ2n) is 7.40. The van der Waals surface area contributed by atoms with Gasteiger partial charge in [0.2, 0.25) is 5.88 Å². The van der Waals surface area contributed by atoms with Gasteiger partial charge in [0.25, 0.3) is 0 Å². The summed E-state index contributed by atoms with van der Waals surface area (Å²) < 4.78 is 27.7. The summed E-state index contributed by atoms with van der Waals surface area (Å²) in [6.45, 7) is 1.59. The highest BCUT2D eigenvalue weighted by atomic mass is 35.5. The number of hydrogen-bond acceptors (Lipinski definition) is 4. The van der Waals surface area contributed by atoms with Gasteiger partial charge in [0.1, 0.15) is 6.17 Å². The molecule has 0 aliphatic heterocycles. The number of nitrogens with one attached hydrogen (secondary N) is 1.